The SMILES string of the molecule is Cc1ccc(C(C)n2c(C3CC3)n[nH]c2=S)s1. The fourth-order valence-electron chi connectivity index (χ4n) is 2.13. The zero-order chi connectivity index (χ0) is 12.0. The molecule has 0 radical (unpaired) electrons. The minimum absolute atomic E-state index is 0.288. The van der Waals surface area contributed by atoms with Crippen LogP contribution >= 0.6 is 23.6 Å². The van der Waals surface area contributed by atoms with Gasteiger partial charge >= 0.3 is 0 Å². The van der Waals surface area contributed by atoms with Gasteiger partial charge in [0.2, 0.25) is 0 Å². The molecular formula is C12H15N3S2. The quantitative estimate of drug-likeness (QED) is 0.856. The summed E-state index contributed by atoms with van der Waals surface area (Å²) in [5.41, 5.74) is 0. The summed E-state index contributed by atoms with van der Waals surface area (Å²) in [4.78, 5) is 2.69. The van der Waals surface area contributed by atoms with Gasteiger partial charge in [0.05, 0.1) is 6.04 Å². The second-order valence-corrected chi connectivity index (χ2v) is 6.36. The summed E-state index contributed by atoms with van der Waals surface area (Å²) in [5.74, 6) is 1.75. The summed E-state index contributed by atoms with van der Waals surface area (Å²) in [7, 11) is 0. The van der Waals surface area contributed by atoms with E-state index >= 15 is 0 Å². The number of hydrogen-bond donors (Lipinski definition) is 1. The van der Waals surface area contributed by atoms with E-state index in [2.05, 4.69) is 40.7 Å². The normalized spacial score (nSPS) is 17.3. The largest absolute Gasteiger partial charge is 0.296 e. The van der Waals surface area contributed by atoms with Crippen molar-refractivity contribution in [2.75, 3.05) is 0 Å². The van der Waals surface area contributed by atoms with Gasteiger partial charge in [-0.1, -0.05) is 0 Å². The number of aryl methyl sites for hydroxylation is 1. The van der Waals surface area contributed by atoms with Crippen molar-refractivity contribution >= 4 is 23.6 Å². The highest BCUT2D eigenvalue weighted by atomic mass is 32.1. The summed E-state index contributed by atoms with van der Waals surface area (Å²) in [6.07, 6.45) is 2.49. The molecule has 1 saturated carbocycles. The van der Waals surface area contributed by atoms with Gasteiger partial charge in [-0.25, -0.2) is 0 Å². The van der Waals surface area contributed by atoms with Gasteiger partial charge in [-0.15, -0.1) is 11.3 Å². The Hall–Kier alpha value is -0.940. The van der Waals surface area contributed by atoms with Crippen molar-refractivity contribution < 1.29 is 0 Å². The maximum atomic E-state index is 5.35. The minimum Gasteiger partial charge on any atom is -0.296 e. The van der Waals surface area contributed by atoms with Crippen LogP contribution in [0.5, 0.6) is 0 Å². The molecule has 1 atom stereocenters. The van der Waals surface area contributed by atoms with Gasteiger partial charge in [0.25, 0.3) is 0 Å². The Morgan fingerprint density at radius 3 is 2.88 bits per heavy atom. The lowest BCUT2D eigenvalue weighted by molar-refractivity contribution is 0.604. The van der Waals surface area contributed by atoms with Gasteiger partial charge in [-0.3, -0.25) is 9.67 Å². The molecule has 17 heavy (non-hydrogen) atoms. The molecule has 1 aliphatic rings. The molecule has 1 unspecified atom stereocenters. The average molecular weight is 265 g/mol. The molecule has 3 rings (SSSR count). The zero-order valence-electron chi connectivity index (χ0n) is 9.93. The first-order chi connectivity index (χ1) is 8.16. The summed E-state index contributed by atoms with van der Waals surface area (Å²) in [6.45, 7) is 4.33. The maximum Gasteiger partial charge on any atom is 0.195 e. The molecule has 0 amide bonds. The van der Waals surface area contributed by atoms with Crippen molar-refractivity contribution in [1.29, 1.82) is 0 Å². The van der Waals surface area contributed by atoms with E-state index in [0.717, 1.165) is 10.6 Å². The van der Waals surface area contributed by atoms with E-state index in [0.29, 0.717) is 5.92 Å². The molecule has 2 aromatic heterocycles. The highest BCUT2D eigenvalue weighted by Crippen LogP contribution is 2.40. The van der Waals surface area contributed by atoms with Crippen molar-refractivity contribution in [3.8, 4) is 0 Å². The summed E-state index contributed by atoms with van der Waals surface area (Å²) >= 11 is 7.19. The third-order valence-electron chi connectivity index (χ3n) is 3.23. The molecule has 3 nitrogen and oxygen atoms in total. The Kier molecular flexibility index (Phi) is 2.67. The first-order valence-electron chi connectivity index (χ1n) is 5.90. The van der Waals surface area contributed by atoms with Crippen molar-refractivity contribution in [3.63, 3.8) is 0 Å². The van der Waals surface area contributed by atoms with Gasteiger partial charge in [-0.05, 0) is 51.0 Å². The Morgan fingerprint density at radius 1 is 1.53 bits per heavy atom. The Morgan fingerprint density at radius 2 is 2.29 bits per heavy atom. The molecule has 1 fully saturated rings. The summed E-state index contributed by atoms with van der Waals surface area (Å²) < 4.78 is 2.92. The van der Waals surface area contributed by atoms with Crippen LogP contribution in [0.15, 0.2) is 12.1 Å². The molecule has 5 heteroatoms. The number of aromatic amines is 1. The van der Waals surface area contributed by atoms with Crippen molar-refractivity contribution in [2.45, 2.75) is 38.6 Å². The third-order valence-corrected chi connectivity index (χ3v) is 4.69. The van der Waals surface area contributed by atoms with Crippen LogP contribution in [0.25, 0.3) is 0 Å². The van der Waals surface area contributed by atoms with Gasteiger partial charge < -0.3 is 0 Å². The first kappa shape index (κ1) is 11.2. The summed E-state index contributed by atoms with van der Waals surface area (Å²) in [6, 6.07) is 4.64. The second-order valence-electron chi connectivity index (χ2n) is 4.66. The lowest BCUT2D eigenvalue weighted by Gasteiger charge is -2.13. The van der Waals surface area contributed by atoms with Crippen LogP contribution in [-0.2, 0) is 0 Å². The van der Waals surface area contributed by atoms with Gasteiger partial charge in [0.15, 0.2) is 4.77 Å². The molecule has 0 aliphatic heterocycles. The van der Waals surface area contributed by atoms with Gasteiger partial charge in [-0.2, -0.15) is 5.10 Å². The molecule has 2 aromatic rings. The van der Waals surface area contributed by atoms with E-state index in [1.54, 1.807) is 0 Å². The number of thiophene rings is 1. The van der Waals surface area contributed by atoms with Gasteiger partial charge in [0.1, 0.15) is 5.82 Å². The lowest BCUT2D eigenvalue weighted by Crippen LogP contribution is -2.09. The van der Waals surface area contributed by atoms with Crippen molar-refractivity contribution in [2.24, 2.45) is 0 Å². The standard InChI is InChI=1S/C12H15N3S2/c1-7-3-6-10(17-7)8(2)15-11(9-4-5-9)13-14-12(15)16/h3,6,8-9H,4-5H2,1-2H3,(H,14,16). The number of hydrogen-bond acceptors (Lipinski definition) is 3. The van der Waals surface area contributed by atoms with E-state index in [1.165, 1.54) is 22.6 Å². The van der Waals surface area contributed by atoms with Crippen molar-refractivity contribution in [3.05, 3.63) is 32.5 Å². The molecule has 2 heterocycles. The van der Waals surface area contributed by atoms with Gasteiger partial charge in [0, 0.05) is 15.7 Å². The molecule has 0 aromatic carbocycles. The van der Waals surface area contributed by atoms with E-state index < -0.39 is 0 Å². The Bertz CT molecular complexity index is 589. The molecule has 0 saturated heterocycles. The number of nitrogens with one attached hydrogen (secondary N) is 1. The average Bonchev–Trinajstić information content (AvgIpc) is 2.94. The smallest absolute Gasteiger partial charge is 0.195 e. The third kappa shape index (κ3) is 1.98. The van der Waals surface area contributed by atoms with E-state index in [9.17, 15) is 0 Å². The highest BCUT2D eigenvalue weighted by Gasteiger charge is 2.30. The highest BCUT2D eigenvalue weighted by molar-refractivity contribution is 7.71. The lowest BCUT2D eigenvalue weighted by atomic mass is 10.2. The fourth-order valence-corrected chi connectivity index (χ4v) is 3.34. The van der Waals surface area contributed by atoms with Crippen LogP contribution in [0.3, 0.4) is 0 Å². The summed E-state index contributed by atoms with van der Waals surface area (Å²) in [5, 5.41) is 7.32. The van der Waals surface area contributed by atoms with E-state index in [1.807, 2.05) is 11.3 Å². The van der Waals surface area contributed by atoms with Crippen molar-refractivity contribution in [1.82, 2.24) is 14.8 Å². The monoisotopic (exact) mass is 265 g/mol. The number of H-pyrrole nitrogens is 1. The Balaban J connectivity index is 2.03. The van der Waals surface area contributed by atoms with Crippen LogP contribution in [0.4, 0.5) is 0 Å². The second kappa shape index (κ2) is 4.07. The van der Waals surface area contributed by atoms with Crippen LogP contribution in [-0.4, -0.2) is 14.8 Å². The number of rotatable bonds is 3. The number of nitrogens with zero attached hydrogens (tertiary/aromatic N) is 2. The first-order valence-corrected chi connectivity index (χ1v) is 7.12. The van der Waals surface area contributed by atoms with E-state index in [-0.39, 0.29) is 6.04 Å². The predicted molar refractivity (Wildman–Crippen MR) is 72.3 cm³/mol. The molecule has 0 bridgehead atoms. The van der Waals surface area contributed by atoms with E-state index in [4.69, 9.17) is 12.2 Å². The molecule has 1 N–H and O–H groups in total. The molecular weight excluding hydrogens is 250 g/mol. The molecule has 0 spiro atoms. The number of aromatic nitrogens is 3. The minimum atomic E-state index is 0.288. The Labute approximate surface area is 109 Å². The maximum absolute atomic E-state index is 5.35. The molecule has 1 aliphatic carbocycles. The zero-order valence-corrected chi connectivity index (χ0v) is 11.6. The fraction of sp³-hybridized carbons (Fsp3) is 0.500. The van der Waals surface area contributed by atoms with Crippen LogP contribution in [0.1, 0.15) is 47.3 Å². The molecule has 90 valence electrons. The predicted octanol–water partition coefficient (Wildman–Crippen LogP) is 3.80. The van der Waals surface area contributed by atoms with Crippen LogP contribution in [0, 0.1) is 11.7 Å². The van der Waals surface area contributed by atoms with Crippen LogP contribution < -0.4 is 0 Å². The van der Waals surface area contributed by atoms with Crippen LogP contribution in [0.2, 0.25) is 0 Å². The topological polar surface area (TPSA) is 33.6 Å².